The average molecular weight is 509 g/mol. The van der Waals surface area contributed by atoms with Crippen LogP contribution in [0.1, 0.15) is 15.9 Å². The fourth-order valence-corrected chi connectivity index (χ4v) is 3.82. The van der Waals surface area contributed by atoms with Crippen LogP contribution in [0.4, 0.5) is 0 Å². The predicted molar refractivity (Wildman–Crippen MR) is 137 cm³/mol. The van der Waals surface area contributed by atoms with Crippen LogP contribution < -0.4 is 10.8 Å². The van der Waals surface area contributed by atoms with Gasteiger partial charge in [-0.25, -0.2) is 5.48 Å². The van der Waals surface area contributed by atoms with Crippen molar-refractivity contribution in [2.24, 2.45) is 0 Å². The van der Waals surface area contributed by atoms with Gasteiger partial charge in [0.1, 0.15) is 6.61 Å². The third-order valence-corrected chi connectivity index (χ3v) is 5.97. The maximum atomic E-state index is 12.8. The summed E-state index contributed by atoms with van der Waals surface area (Å²) in [4.78, 5) is 40.0. The summed E-state index contributed by atoms with van der Waals surface area (Å²) in [6.45, 7) is 5.34. The number of amides is 3. The molecule has 2 aromatic rings. The molecule has 0 aromatic heterocycles. The highest BCUT2D eigenvalue weighted by Gasteiger charge is 2.33. The molecule has 1 heterocycles. The van der Waals surface area contributed by atoms with Gasteiger partial charge in [0.25, 0.3) is 17.7 Å². The number of carbonyl (C=O) groups excluding carboxylic acids is 3. The Kier molecular flexibility index (Phi) is 10.6. The van der Waals surface area contributed by atoms with Crippen molar-refractivity contribution >= 4 is 17.7 Å². The molecule has 10 nitrogen and oxygen atoms in total. The van der Waals surface area contributed by atoms with Crippen molar-refractivity contribution in [3.05, 3.63) is 59.7 Å². The zero-order chi connectivity index (χ0) is 26.6. The number of hydrogen-bond donors (Lipinski definition) is 3. The van der Waals surface area contributed by atoms with Crippen molar-refractivity contribution in [1.82, 2.24) is 20.6 Å². The normalized spacial score (nSPS) is 14.1. The van der Waals surface area contributed by atoms with E-state index in [-0.39, 0.29) is 0 Å². The molecule has 3 N–H and O–H groups in total. The smallest absolute Gasteiger partial charge is 0.275 e. The van der Waals surface area contributed by atoms with Crippen molar-refractivity contribution < 1.29 is 29.1 Å². The van der Waals surface area contributed by atoms with Gasteiger partial charge in [-0.2, -0.15) is 0 Å². The molecule has 1 aliphatic rings. The Morgan fingerprint density at radius 2 is 1.68 bits per heavy atom. The van der Waals surface area contributed by atoms with E-state index in [0.717, 1.165) is 54.4 Å². The topological polar surface area (TPSA) is 120 Å². The van der Waals surface area contributed by atoms with Crippen LogP contribution in [0.5, 0.6) is 0 Å². The minimum Gasteiger partial charge on any atom is -0.379 e. The molecule has 3 amide bonds. The average Bonchev–Trinajstić information content (AvgIpc) is 2.95. The molecule has 1 atom stereocenters. The largest absolute Gasteiger partial charge is 0.379 e. The molecule has 37 heavy (non-hydrogen) atoms. The molecule has 2 aromatic carbocycles. The van der Waals surface area contributed by atoms with E-state index in [4.69, 9.17) is 14.7 Å². The highest BCUT2D eigenvalue weighted by Crippen LogP contribution is 2.21. The monoisotopic (exact) mass is 508 g/mol. The summed E-state index contributed by atoms with van der Waals surface area (Å²) < 4.78 is 10.9. The van der Waals surface area contributed by atoms with Gasteiger partial charge in [-0.15, -0.1) is 0 Å². The summed E-state index contributed by atoms with van der Waals surface area (Å²) in [6.07, 6.45) is 0. The quantitative estimate of drug-likeness (QED) is 0.150. The number of nitrogens with one attached hydrogen (secondary N) is 2. The van der Waals surface area contributed by atoms with Crippen LogP contribution in [-0.4, -0.2) is 98.9 Å². The molecule has 196 valence electrons. The fraction of sp³-hybridized carbons (Fsp3) is 0.370. The van der Waals surface area contributed by atoms with Gasteiger partial charge in [-0.05, 0) is 35.4 Å². The second-order valence-corrected chi connectivity index (χ2v) is 8.37. The molecule has 0 spiro atoms. The Morgan fingerprint density at radius 1 is 1.05 bits per heavy atom. The maximum absolute atomic E-state index is 12.8. The van der Waals surface area contributed by atoms with Crippen LogP contribution in [0.25, 0.3) is 11.1 Å². The van der Waals surface area contributed by atoms with Crippen LogP contribution in [0.3, 0.4) is 0 Å². The molecule has 1 aliphatic heterocycles. The Balaban J connectivity index is 1.54. The van der Waals surface area contributed by atoms with Gasteiger partial charge in [0.15, 0.2) is 6.04 Å². The molecule has 0 saturated carbocycles. The van der Waals surface area contributed by atoms with Gasteiger partial charge >= 0.3 is 0 Å². The SMILES string of the molecule is CNC(=O)C(C(=O)NO)N(C)C(=O)c1ccc(-c2ccc(C#CCOCCN3CCOCC3)cc2)cc1. The third-order valence-electron chi connectivity index (χ3n) is 5.97. The van der Waals surface area contributed by atoms with E-state index >= 15 is 0 Å². The Hall–Kier alpha value is -3.75. The molecule has 1 fully saturated rings. The third kappa shape index (κ3) is 7.87. The van der Waals surface area contributed by atoms with Gasteiger partial charge in [0.05, 0.1) is 19.8 Å². The number of hydrogen-bond acceptors (Lipinski definition) is 7. The summed E-state index contributed by atoms with van der Waals surface area (Å²) in [5, 5.41) is 11.2. The van der Waals surface area contributed by atoms with Gasteiger partial charge < -0.3 is 19.7 Å². The molecule has 3 rings (SSSR count). The number of nitrogens with zero attached hydrogens (tertiary/aromatic N) is 2. The lowest BCUT2D eigenvalue weighted by Gasteiger charge is -2.26. The zero-order valence-corrected chi connectivity index (χ0v) is 21.0. The second kappa shape index (κ2) is 14.1. The van der Waals surface area contributed by atoms with Crippen molar-refractivity contribution in [3.63, 3.8) is 0 Å². The fourth-order valence-electron chi connectivity index (χ4n) is 3.82. The number of hydroxylamine groups is 1. The van der Waals surface area contributed by atoms with E-state index in [1.165, 1.54) is 19.6 Å². The molecule has 0 bridgehead atoms. The Labute approximate surface area is 216 Å². The van der Waals surface area contributed by atoms with E-state index in [1.807, 2.05) is 24.3 Å². The number of likely N-dealkylation sites (N-methyl/N-ethyl adjacent to an activating group) is 2. The summed E-state index contributed by atoms with van der Waals surface area (Å²) in [5.74, 6) is 3.86. The number of benzene rings is 2. The van der Waals surface area contributed by atoms with Crippen molar-refractivity contribution in [2.75, 3.05) is 60.2 Å². The molecular formula is C27H32N4O6. The van der Waals surface area contributed by atoms with Crippen LogP contribution in [-0.2, 0) is 19.1 Å². The molecular weight excluding hydrogens is 476 g/mol. The van der Waals surface area contributed by atoms with Gasteiger partial charge in [0.2, 0.25) is 0 Å². The summed E-state index contributed by atoms with van der Waals surface area (Å²) in [7, 11) is 2.66. The van der Waals surface area contributed by atoms with Crippen molar-refractivity contribution in [2.45, 2.75) is 6.04 Å². The second-order valence-electron chi connectivity index (χ2n) is 8.37. The minimum atomic E-state index is -1.51. The Bertz CT molecular complexity index is 1100. The van der Waals surface area contributed by atoms with Crippen LogP contribution in [0.15, 0.2) is 48.5 Å². The first kappa shape index (κ1) is 27.8. The van der Waals surface area contributed by atoms with E-state index in [9.17, 15) is 14.4 Å². The lowest BCUT2D eigenvalue weighted by molar-refractivity contribution is -0.140. The van der Waals surface area contributed by atoms with Crippen molar-refractivity contribution in [3.8, 4) is 23.0 Å². The van der Waals surface area contributed by atoms with Crippen LogP contribution >= 0.6 is 0 Å². The summed E-state index contributed by atoms with van der Waals surface area (Å²) in [5.41, 5.74) is 4.42. The molecule has 0 aliphatic carbocycles. The van der Waals surface area contributed by atoms with Crippen LogP contribution in [0, 0.1) is 11.8 Å². The maximum Gasteiger partial charge on any atom is 0.275 e. The van der Waals surface area contributed by atoms with Crippen molar-refractivity contribution in [1.29, 1.82) is 0 Å². The lowest BCUT2D eigenvalue weighted by Crippen LogP contribution is -2.54. The first-order valence-electron chi connectivity index (χ1n) is 11.9. The van der Waals surface area contributed by atoms with E-state index in [2.05, 4.69) is 22.1 Å². The first-order chi connectivity index (χ1) is 17.9. The summed E-state index contributed by atoms with van der Waals surface area (Å²) in [6, 6.07) is 13.0. The predicted octanol–water partition coefficient (Wildman–Crippen LogP) is 0.746. The first-order valence-corrected chi connectivity index (χ1v) is 11.9. The standard InChI is InChI=1S/C27H32N4O6/c1-28-25(32)24(26(33)29-35)30(2)27(34)23-11-9-22(10-12-23)21-7-5-20(6-8-21)4-3-16-36-17-13-31-14-18-37-19-15-31/h5-12,24,35H,13-19H2,1-2H3,(H,28,32)(H,29,33). The zero-order valence-electron chi connectivity index (χ0n) is 21.0. The Morgan fingerprint density at radius 3 is 2.27 bits per heavy atom. The van der Waals surface area contributed by atoms with Gasteiger partial charge in [-0.3, -0.25) is 24.5 Å². The molecule has 0 radical (unpaired) electrons. The number of rotatable bonds is 9. The van der Waals surface area contributed by atoms with Crippen LogP contribution in [0.2, 0.25) is 0 Å². The number of ether oxygens (including phenoxy) is 2. The van der Waals surface area contributed by atoms with Gasteiger partial charge in [-0.1, -0.05) is 36.1 Å². The number of morpholine rings is 1. The highest BCUT2D eigenvalue weighted by molar-refractivity contribution is 6.08. The van der Waals surface area contributed by atoms with E-state index in [1.54, 1.807) is 24.3 Å². The summed E-state index contributed by atoms with van der Waals surface area (Å²) >= 11 is 0. The minimum absolute atomic E-state index is 0.294. The molecule has 1 unspecified atom stereocenters. The van der Waals surface area contributed by atoms with Gasteiger partial charge in [0, 0.05) is 44.9 Å². The lowest BCUT2D eigenvalue weighted by atomic mass is 10.0. The van der Waals surface area contributed by atoms with E-state index < -0.39 is 23.8 Å². The molecule has 10 heteroatoms. The van der Waals surface area contributed by atoms with E-state index in [0.29, 0.717) is 18.8 Å². The highest BCUT2D eigenvalue weighted by atomic mass is 16.5. The number of carbonyl (C=O) groups is 3. The molecule has 1 saturated heterocycles.